The Kier molecular flexibility index (Phi) is 3.69. The molecule has 1 aliphatic heterocycles. The zero-order valence-corrected chi connectivity index (χ0v) is 12.1. The summed E-state index contributed by atoms with van der Waals surface area (Å²) in [5.41, 5.74) is 0.893. The summed E-state index contributed by atoms with van der Waals surface area (Å²) in [6.45, 7) is 0.133. The third kappa shape index (κ3) is 2.61. The minimum atomic E-state index is -0.989. The van der Waals surface area contributed by atoms with Crippen LogP contribution >= 0.6 is 12.2 Å². The van der Waals surface area contributed by atoms with Crippen molar-refractivity contribution < 1.29 is 23.4 Å². The fourth-order valence-corrected chi connectivity index (χ4v) is 3.02. The Morgan fingerprint density at radius 1 is 1.50 bits per heavy atom. The van der Waals surface area contributed by atoms with Gasteiger partial charge in [-0.15, -0.1) is 0 Å². The average Bonchev–Trinajstić information content (AvgIpc) is 2.78. The molecule has 0 fully saturated rings. The predicted molar refractivity (Wildman–Crippen MR) is 75.6 cm³/mol. The number of carboxylic acids is 1. The second-order valence-electron chi connectivity index (χ2n) is 5.07. The topological polar surface area (TPSA) is 67.2 Å². The summed E-state index contributed by atoms with van der Waals surface area (Å²) in [5, 5.41) is 8.94. The molecule has 5 nitrogen and oxygen atoms in total. The van der Waals surface area contributed by atoms with Gasteiger partial charge in [-0.1, -0.05) is 0 Å². The standard InChI is InChI=1S/C14H12F2N2O3S/c15-8-1-7-2-10(6-21-13(7)11(16)3-8)18-9(4-12(19)20)5-17-14(18)22/h1,3,5,10H,2,4,6H2,(H,17,22)(H,19,20)/t10-/m1/s1. The second kappa shape index (κ2) is 5.53. The number of hydrogen-bond acceptors (Lipinski definition) is 3. The molecule has 0 aliphatic carbocycles. The summed E-state index contributed by atoms with van der Waals surface area (Å²) < 4.78 is 34.4. The van der Waals surface area contributed by atoms with E-state index < -0.39 is 17.6 Å². The minimum Gasteiger partial charge on any atom is -0.488 e. The van der Waals surface area contributed by atoms with Crippen molar-refractivity contribution in [2.45, 2.75) is 18.9 Å². The van der Waals surface area contributed by atoms with Gasteiger partial charge in [-0.05, 0) is 18.3 Å². The molecule has 0 unspecified atom stereocenters. The van der Waals surface area contributed by atoms with E-state index in [1.54, 1.807) is 4.57 Å². The number of H-pyrrole nitrogens is 1. The molecule has 2 heterocycles. The van der Waals surface area contributed by atoms with Gasteiger partial charge in [0.05, 0.1) is 12.5 Å². The van der Waals surface area contributed by atoms with Gasteiger partial charge in [-0.3, -0.25) is 4.79 Å². The van der Waals surface area contributed by atoms with Crippen LogP contribution < -0.4 is 4.74 Å². The van der Waals surface area contributed by atoms with Gasteiger partial charge in [0, 0.05) is 29.9 Å². The van der Waals surface area contributed by atoms with Gasteiger partial charge in [-0.25, -0.2) is 8.78 Å². The summed E-state index contributed by atoms with van der Waals surface area (Å²) in [7, 11) is 0. The van der Waals surface area contributed by atoms with Crippen molar-refractivity contribution in [2.75, 3.05) is 6.61 Å². The number of hydrogen-bond donors (Lipinski definition) is 2. The first kappa shape index (κ1) is 14.7. The van der Waals surface area contributed by atoms with Crippen LogP contribution in [-0.4, -0.2) is 27.2 Å². The van der Waals surface area contributed by atoms with Crippen molar-refractivity contribution in [3.8, 4) is 5.75 Å². The van der Waals surface area contributed by atoms with Gasteiger partial charge in [0.2, 0.25) is 0 Å². The number of imidazole rings is 1. The number of aromatic amines is 1. The lowest BCUT2D eigenvalue weighted by Gasteiger charge is -2.27. The molecule has 0 saturated carbocycles. The molecule has 0 bridgehead atoms. The maximum absolute atomic E-state index is 13.7. The van der Waals surface area contributed by atoms with E-state index in [0.717, 1.165) is 6.07 Å². The predicted octanol–water partition coefficient (Wildman–Crippen LogP) is 2.63. The molecule has 2 aromatic rings. The van der Waals surface area contributed by atoms with E-state index in [0.29, 0.717) is 22.4 Å². The van der Waals surface area contributed by atoms with E-state index >= 15 is 0 Å². The molecular formula is C14H12F2N2O3S. The van der Waals surface area contributed by atoms with E-state index in [4.69, 9.17) is 22.1 Å². The molecule has 1 aromatic heterocycles. The second-order valence-corrected chi connectivity index (χ2v) is 5.46. The molecule has 116 valence electrons. The number of carbonyl (C=O) groups is 1. The van der Waals surface area contributed by atoms with Crippen LogP contribution in [0.15, 0.2) is 18.3 Å². The van der Waals surface area contributed by atoms with E-state index in [1.165, 1.54) is 12.3 Å². The van der Waals surface area contributed by atoms with Gasteiger partial charge in [0.1, 0.15) is 12.4 Å². The van der Waals surface area contributed by atoms with Crippen LogP contribution in [-0.2, 0) is 17.6 Å². The van der Waals surface area contributed by atoms with E-state index in [9.17, 15) is 13.6 Å². The van der Waals surface area contributed by atoms with Gasteiger partial charge in [0.15, 0.2) is 16.3 Å². The number of fused-ring (bicyclic) bond motifs is 1. The van der Waals surface area contributed by atoms with Crippen molar-refractivity contribution >= 4 is 18.2 Å². The number of aliphatic carboxylic acids is 1. The average molecular weight is 326 g/mol. The fourth-order valence-electron chi connectivity index (χ4n) is 2.69. The van der Waals surface area contributed by atoms with Crippen LogP contribution in [0, 0.1) is 16.4 Å². The number of ether oxygens (including phenoxy) is 1. The zero-order valence-electron chi connectivity index (χ0n) is 11.3. The van der Waals surface area contributed by atoms with Crippen molar-refractivity contribution in [1.29, 1.82) is 0 Å². The zero-order chi connectivity index (χ0) is 15.9. The van der Waals surface area contributed by atoms with Crippen molar-refractivity contribution in [3.05, 3.63) is 46.0 Å². The number of halogens is 2. The molecule has 1 aromatic carbocycles. The Morgan fingerprint density at radius 2 is 2.27 bits per heavy atom. The van der Waals surface area contributed by atoms with E-state index in [-0.39, 0.29) is 24.8 Å². The Balaban J connectivity index is 1.97. The molecule has 0 saturated heterocycles. The summed E-state index contributed by atoms with van der Waals surface area (Å²) in [6, 6.07) is 1.68. The highest BCUT2D eigenvalue weighted by atomic mass is 32.1. The quantitative estimate of drug-likeness (QED) is 0.851. The maximum atomic E-state index is 13.7. The van der Waals surface area contributed by atoms with Crippen molar-refractivity contribution in [3.63, 3.8) is 0 Å². The normalized spacial score (nSPS) is 16.9. The maximum Gasteiger partial charge on any atom is 0.309 e. The van der Waals surface area contributed by atoms with Crippen LogP contribution in [0.3, 0.4) is 0 Å². The molecule has 2 N–H and O–H groups in total. The number of benzene rings is 1. The lowest BCUT2D eigenvalue weighted by molar-refractivity contribution is -0.136. The number of nitrogens with one attached hydrogen (secondary N) is 1. The number of nitrogens with zero attached hydrogens (tertiary/aromatic N) is 1. The fraction of sp³-hybridized carbons (Fsp3) is 0.286. The highest BCUT2D eigenvalue weighted by Gasteiger charge is 2.27. The molecule has 22 heavy (non-hydrogen) atoms. The minimum absolute atomic E-state index is 0.0412. The van der Waals surface area contributed by atoms with Crippen LogP contribution in [0.5, 0.6) is 5.75 Å². The van der Waals surface area contributed by atoms with Gasteiger partial charge < -0.3 is 19.4 Å². The third-order valence-electron chi connectivity index (χ3n) is 3.55. The summed E-state index contributed by atoms with van der Waals surface area (Å²) >= 11 is 5.17. The summed E-state index contributed by atoms with van der Waals surface area (Å²) in [5.74, 6) is -2.36. The highest BCUT2D eigenvalue weighted by molar-refractivity contribution is 7.71. The van der Waals surface area contributed by atoms with Crippen LogP contribution in [0.2, 0.25) is 0 Å². The lowest BCUT2D eigenvalue weighted by atomic mass is 10.0. The first-order valence-corrected chi connectivity index (χ1v) is 6.98. The third-order valence-corrected chi connectivity index (χ3v) is 3.86. The molecular weight excluding hydrogens is 314 g/mol. The molecule has 1 atom stereocenters. The Morgan fingerprint density at radius 3 is 3.00 bits per heavy atom. The SMILES string of the molecule is O=C(O)Cc1c[nH]c(=S)n1[C@H]1COc2c(F)cc(F)cc2C1. The largest absolute Gasteiger partial charge is 0.488 e. The smallest absolute Gasteiger partial charge is 0.309 e. The molecule has 0 spiro atoms. The van der Waals surface area contributed by atoms with Crippen molar-refractivity contribution in [2.24, 2.45) is 0 Å². The highest BCUT2D eigenvalue weighted by Crippen LogP contribution is 2.33. The summed E-state index contributed by atoms with van der Waals surface area (Å²) in [6.07, 6.45) is 1.63. The summed E-state index contributed by atoms with van der Waals surface area (Å²) in [4.78, 5) is 13.7. The molecule has 8 heteroatoms. The van der Waals surface area contributed by atoms with Crippen LogP contribution in [0.25, 0.3) is 0 Å². The molecule has 0 amide bonds. The van der Waals surface area contributed by atoms with Gasteiger partial charge >= 0.3 is 5.97 Å². The van der Waals surface area contributed by atoms with E-state index in [2.05, 4.69) is 4.98 Å². The van der Waals surface area contributed by atoms with Gasteiger partial charge in [0.25, 0.3) is 0 Å². The Hall–Kier alpha value is -2.22. The van der Waals surface area contributed by atoms with E-state index in [1.807, 2.05) is 0 Å². The molecule has 3 rings (SSSR count). The molecule has 0 radical (unpaired) electrons. The van der Waals surface area contributed by atoms with Crippen LogP contribution in [0.1, 0.15) is 17.3 Å². The van der Waals surface area contributed by atoms with Crippen LogP contribution in [0.4, 0.5) is 8.78 Å². The monoisotopic (exact) mass is 326 g/mol. The molecule has 1 aliphatic rings. The van der Waals surface area contributed by atoms with Gasteiger partial charge in [-0.2, -0.15) is 0 Å². The number of aromatic nitrogens is 2. The first-order valence-electron chi connectivity index (χ1n) is 6.57. The number of rotatable bonds is 3. The van der Waals surface area contributed by atoms with Crippen molar-refractivity contribution in [1.82, 2.24) is 9.55 Å². The number of carboxylic acid groups (broad SMARTS) is 1. The first-order chi connectivity index (χ1) is 10.5. The Labute approximate surface area is 129 Å². The lowest BCUT2D eigenvalue weighted by Crippen LogP contribution is -2.27. The Bertz CT molecular complexity index is 800.